The van der Waals surface area contributed by atoms with Gasteiger partial charge in [-0.25, -0.2) is 0 Å². The summed E-state index contributed by atoms with van der Waals surface area (Å²) in [6.45, 7) is 0. The first-order chi connectivity index (χ1) is 8.31. The molecule has 2 aromatic rings. The predicted octanol–water partition coefficient (Wildman–Crippen LogP) is 3.28. The van der Waals surface area contributed by atoms with Crippen LogP contribution in [0.15, 0.2) is 36.4 Å². The molecule has 0 saturated heterocycles. The third kappa shape index (κ3) is 1.57. The van der Waals surface area contributed by atoms with E-state index in [1.165, 1.54) is 22.3 Å². The first kappa shape index (κ1) is 10.2. The highest BCUT2D eigenvalue weighted by molar-refractivity contribution is 5.78. The number of hydrogen-bond acceptors (Lipinski definition) is 2. The van der Waals surface area contributed by atoms with Gasteiger partial charge in [0.1, 0.15) is 11.5 Å². The smallest absolute Gasteiger partial charge is 0.119 e. The second-order valence-electron chi connectivity index (χ2n) is 4.22. The lowest BCUT2D eigenvalue weighted by Gasteiger charge is -2.04. The Kier molecular flexibility index (Phi) is 2.29. The molecule has 0 unspecified atom stereocenters. The van der Waals surface area contributed by atoms with E-state index >= 15 is 0 Å². The summed E-state index contributed by atoms with van der Waals surface area (Å²) in [7, 11) is 3.40. The maximum Gasteiger partial charge on any atom is 0.119 e. The Morgan fingerprint density at radius 3 is 1.65 bits per heavy atom. The number of benzene rings is 2. The lowest BCUT2D eigenvalue weighted by molar-refractivity contribution is 0.414. The van der Waals surface area contributed by atoms with E-state index < -0.39 is 0 Å². The van der Waals surface area contributed by atoms with E-state index in [9.17, 15) is 0 Å². The van der Waals surface area contributed by atoms with Crippen LogP contribution in [0, 0.1) is 0 Å². The number of fused-ring (bicyclic) bond motifs is 3. The maximum absolute atomic E-state index is 5.26. The van der Waals surface area contributed by atoms with Gasteiger partial charge in [0.15, 0.2) is 0 Å². The van der Waals surface area contributed by atoms with Crippen LogP contribution >= 0.6 is 0 Å². The van der Waals surface area contributed by atoms with Gasteiger partial charge in [0.05, 0.1) is 14.2 Å². The van der Waals surface area contributed by atoms with Crippen molar-refractivity contribution in [2.24, 2.45) is 0 Å². The average molecular weight is 226 g/mol. The van der Waals surface area contributed by atoms with E-state index in [0.29, 0.717) is 0 Å². The van der Waals surface area contributed by atoms with Gasteiger partial charge in [-0.2, -0.15) is 0 Å². The molecular weight excluding hydrogens is 212 g/mol. The van der Waals surface area contributed by atoms with E-state index in [1.807, 2.05) is 12.1 Å². The van der Waals surface area contributed by atoms with Crippen LogP contribution in [-0.4, -0.2) is 14.2 Å². The molecule has 0 atom stereocenters. The van der Waals surface area contributed by atoms with Gasteiger partial charge in [-0.05, 0) is 52.9 Å². The van der Waals surface area contributed by atoms with E-state index in [0.717, 1.165) is 17.9 Å². The number of ether oxygens (including phenoxy) is 2. The molecule has 2 heteroatoms. The molecule has 3 rings (SSSR count). The normalized spacial score (nSPS) is 11.9. The monoisotopic (exact) mass is 226 g/mol. The van der Waals surface area contributed by atoms with Crippen molar-refractivity contribution in [1.82, 2.24) is 0 Å². The van der Waals surface area contributed by atoms with E-state index in [4.69, 9.17) is 9.47 Å². The van der Waals surface area contributed by atoms with Crippen LogP contribution in [-0.2, 0) is 6.42 Å². The van der Waals surface area contributed by atoms with Crippen molar-refractivity contribution in [3.8, 4) is 22.6 Å². The molecule has 0 fully saturated rings. The molecule has 0 saturated carbocycles. The zero-order valence-corrected chi connectivity index (χ0v) is 9.99. The summed E-state index contributed by atoms with van der Waals surface area (Å²) in [5.41, 5.74) is 5.27. The SMILES string of the molecule is COc1ccc2c(c1)Cc1cc(OC)ccc1-2. The van der Waals surface area contributed by atoms with Gasteiger partial charge in [-0.1, -0.05) is 12.1 Å². The van der Waals surface area contributed by atoms with Gasteiger partial charge >= 0.3 is 0 Å². The van der Waals surface area contributed by atoms with Crippen molar-refractivity contribution in [1.29, 1.82) is 0 Å². The van der Waals surface area contributed by atoms with Crippen LogP contribution < -0.4 is 9.47 Å². The molecule has 2 aromatic carbocycles. The van der Waals surface area contributed by atoms with Crippen LogP contribution in [0.1, 0.15) is 11.1 Å². The fourth-order valence-electron chi connectivity index (χ4n) is 2.42. The van der Waals surface area contributed by atoms with Crippen LogP contribution in [0.3, 0.4) is 0 Å². The summed E-state index contributed by atoms with van der Waals surface area (Å²) in [6.07, 6.45) is 0.957. The van der Waals surface area contributed by atoms with Crippen molar-refractivity contribution in [2.45, 2.75) is 6.42 Å². The molecule has 0 amide bonds. The highest BCUT2D eigenvalue weighted by Crippen LogP contribution is 2.39. The molecule has 1 aliphatic rings. The Balaban J connectivity index is 2.10. The Hall–Kier alpha value is -1.96. The van der Waals surface area contributed by atoms with Crippen molar-refractivity contribution in [2.75, 3.05) is 14.2 Å². The second-order valence-corrected chi connectivity index (χ2v) is 4.22. The largest absolute Gasteiger partial charge is 0.497 e. The number of rotatable bonds is 2. The Morgan fingerprint density at radius 1 is 0.765 bits per heavy atom. The molecule has 17 heavy (non-hydrogen) atoms. The third-order valence-corrected chi connectivity index (χ3v) is 3.30. The molecule has 86 valence electrons. The van der Waals surface area contributed by atoms with Crippen LogP contribution in [0.5, 0.6) is 11.5 Å². The molecule has 0 aromatic heterocycles. The molecule has 0 aliphatic heterocycles. The zero-order valence-electron chi connectivity index (χ0n) is 9.99. The van der Waals surface area contributed by atoms with Crippen molar-refractivity contribution in [3.63, 3.8) is 0 Å². The van der Waals surface area contributed by atoms with E-state index in [1.54, 1.807) is 14.2 Å². The van der Waals surface area contributed by atoms with Gasteiger partial charge in [0, 0.05) is 0 Å². The third-order valence-electron chi connectivity index (χ3n) is 3.30. The fourth-order valence-corrected chi connectivity index (χ4v) is 2.42. The Bertz CT molecular complexity index is 522. The molecule has 0 bridgehead atoms. The Morgan fingerprint density at radius 2 is 1.24 bits per heavy atom. The van der Waals surface area contributed by atoms with Gasteiger partial charge in [0.25, 0.3) is 0 Å². The molecule has 0 spiro atoms. The standard InChI is InChI=1S/C15H14O2/c1-16-12-3-5-14-10(8-12)7-11-9-13(17-2)4-6-15(11)14/h3-6,8-9H,7H2,1-2H3. The van der Waals surface area contributed by atoms with Gasteiger partial charge in [0.2, 0.25) is 0 Å². The van der Waals surface area contributed by atoms with Crippen LogP contribution in [0.4, 0.5) is 0 Å². The number of methoxy groups -OCH3 is 2. The van der Waals surface area contributed by atoms with E-state index in [2.05, 4.69) is 24.3 Å². The van der Waals surface area contributed by atoms with Gasteiger partial charge in [-0.15, -0.1) is 0 Å². The lowest BCUT2D eigenvalue weighted by Crippen LogP contribution is -1.86. The molecule has 0 heterocycles. The minimum Gasteiger partial charge on any atom is -0.497 e. The number of hydrogen-bond donors (Lipinski definition) is 0. The zero-order chi connectivity index (χ0) is 11.8. The summed E-state index contributed by atoms with van der Waals surface area (Å²) in [6, 6.07) is 12.5. The van der Waals surface area contributed by atoms with E-state index in [-0.39, 0.29) is 0 Å². The summed E-state index contributed by atoms with van der Waals surface area (Å²) in [5.74, 6) is 1.84. The molecule has 1 aliphatic carbocycles. The topological polar surface area (TPSA) is 18.5 Å². The molecule has 2 nitrogen and oxygen atoms in total. The summed E-state index contributed by atoms with van der Waals surface area (Å²) in [5, 5.41) is 0. The van der Waals surface area contributed by atoms with Crippen LogP contribution in [0.25, 0.3) is 11.1 Å². The lowest BCUT2D eigenvalue weighted by atomic mass is 10.1. The van der Waals surface area contributed by atoms with Gasteiger partial charge in [-0.3, -0.25) is 0 Å². The van der Waals surface area contributed by atoms with Crippen molar-refractivity contribution < 1.29 is 9.47 Å². The van der Waals surface area contributed by atoms with Gasteiger partial charge < -0.3 is 9.47 Å². The highest BCUT2D eigenvalue weighted by Gasteiger charge is 2.19. The summed E-state index contributed by atoms with van der Waals surface area (Å²) >= 11 is 0. The summed E-state index contributed by atoms with van der Waals surface area (Å²) in [4.78, 5) is 0. The first-order valence-electron chi connectivity index (χ1n) is 5.66. The fraction of sp³-hybridized carbons (Fsp3) is 0.200. The minimum atomic E-state index is 0.920. The maximum atomic E-state index is 5.26. The summed E-state index contributed by atoms with van der Waals surface area (Å²) < 4.78 is 10.5. The highest BCUT2D eigenvalue weighted by atomic mass is 16.5. The molecular formula is C15H14O2. The minimum absolute atomic E-state index is 0.920. The predicted molar refractivity (Wildman–Crippen MR) is 67.8 cm³/mol. The van der Waals surface area contributed by atoms with Crippen molar-refractivity contribution in [3.05, 3.63) is 47.5 Å². The average Bonchev–Trinajstić information content (AvgIpc) is 2.74. The molecule has 0 radical (unpaired) electrons. The first-order valence-corrected chi connectivity index (χ1v) is 5.66. The van der Waals surface area contributed by atoms with Crippen LogP contribution in [0.2, 0.25) is 0 Å². The molecule has 0 N–H and O–H groups in total. The second kappa shape index (κ2) is 3.81. The Labute approximate surface area is 101 Å². The quantitative estimate of drug-likeness (QED) is 0.667. The van der Waals surface area contributed by atoms with Crippen molar-refractivity contribution >= 4 is 0 Å².